The molecule has 310 valence electrons. The Labute approximate surface area is 333 Å². The van der Waals surface area contributed by atoms with Gasteiger partial charge >= 0.3 is 5.97 Å². The number of ketones is 1. The van der Waals surface area contributed by atoms with Crippen molar-refractivity contribution in [2.45, 2.75) is 169 Å². The molecule has 0 radical (unpaired) electrons. The SMILES string of the molecule is COC(=O)[C@H](C)[C@H](/C=C/C(=O)[C@H](C[C@H](OCc1ccc(OC)cc1)[C@H](C)/C=C(\C)CO[Si](C)(C)C(C)(C)C)O[Si](C)(C)C(C)(C)C)O[Si](C)(C)C(C)(C)C. The van der Waals surface area contributed by atoms with Gasteiger partial charge in [0.2, 0.25) is 0 Å². The van der Waals surface area contributed by atoms with Crippen LogP contribution in [0, 0.1) is 11.8 Å². The number of benzene rings is 1. The van der Waals surface area contributed by atoms with Crippen LogP contribution in [0.1, 0.15) is 95.1 Å². The van der Waals surface area contributed by atoms with E-state index in [4.69, 9.17) is 27.5 Å². The largest absolute Gasteiger partial charge is 0.497 e. The Kier molecular flexibility index (Phi) is 18.6. The average Bonchev–Trinajstić information content (AvgIpc) is 3.04. The van der Waals surface area contributed by atoms with Crippen molar-refractivity contribution in [2.75, 3.05) is 20.8 Å². The molecule has 0 aliphatic heterocycles. The third kappa shape index (κ3) is 15.2. The molecular weight excluding hydrogens is 729 g/mol. The van der Waals surface area contributed by atoms with Crippen LogP contribution in [0.3, 0.4) is 0 Å². The summed E-state index contributed by atoms with van der Waals surface area (Å²) >= 11 is 0. The van der Waals surface area contributed by atoms with Crippen molar-refractivity contribution >= 4 is 36.7 Å². The van der Waals surface area contributed by atoms with Crippen LogP contribution in [0.2, 0.25) is 54.4 Å². The number of carbonyl (C=O) groups is 2. The maximum absolute atomic E-state index is 14.5. The van der Waals surface area contributed by atoms with Gasteiger partial charge in [0.05, 0.1) is 45.6 Å². The van der Waals surface area contributed by atoms with E-state index in [9.17, 15) is 9.59 Å². The van der Waals surface area contributed by atoms with Gasteiger partial charge in [0.1, 0.15) is 11.9 Å². The lowest BCUT2D eigenvalue weighted by Gasteiger charge is -2.40. The molecule has 0 N–H and O–H groups in total. The Hall–Kier alpha value is -1.87. The van der Waals surface area contributed by atoms with Gasteiger partial charge in [-0.1, -0.05) is 99.1 Å². The normalized spacial score (nSPS) is 16.9. The molecule has 0 aliphatic rings. The highest BCUT2D eigenvalue weighted by Crippen LogP contribution is 2.40. The van der Waals surface area contributed by atoms with Crippen molar-refractivity contribution in [3.8, 4) is 5.75 Å². The van der Waals surface area contributed by atoms with E-state index >= 15 is 0 Å². The third-order valence-corrected chi connectivity index (χ3v) is 25.4. The second-order valence-electron chi connectivity index (χ2n) is 19.6. The summed E-state index contributed by atoms with van der Waals surface area (Å²) < 4.78 is 37.4. The Morgan fingerprint density at radius 1 is 0.759 bits per heavy atom. The molecule has 54 heavy (non-hydrogen) atoms. The van der Waals surface area contributed by atoms with E-state index in [2.05, 4.69) is 122 Å². The van der Waals surface area contributed by atoms with Gasteiger partial charge in [-0.05, 0) is 92.0 Å². The van der Waals surface area contributed by atoms with Crippen LogP contribution in [-0.2, 0) is 38.9 Å². The molecule has 0 fully saturated rings. The Morgan fingerprint density at radius 3 is 1.72 bits per heavy atom. The lowest BCUT2D eigenvalue weighted by molar-refractivity contribution is -0.147. The zero-order valence-corrected chi connectivity index (χ0v) is 40.8. The van der Waals surface area contributed by atoms with Crippen molar-refractivity contribution < 1.29 is 37.1 Å². The molecule has 5 atom stereocenters. The van der Waals surface area contributed by atoms with Gasteiger partial charge in [-0.3, -0.25) is 9.59 Å². The van der Waals surface area contributed by atoms with E-state index in [1.54, 1.807) is 26.2 Å². The smallest absolute Gasteiger partial charge is 0.311 e. The molecule has 0 aromatic heterocycles. The second-order valence-corrected chi connectivity index (χ2v) is 34.0. The minimum absolute atomic E-state index is 0.0532. The lowest BCUT2D eigenvalue weighted by atomic mass is 9.94. The van der Waals surface area contributed by atoms with Crippen molar-refractivity contribution in [3.05, 3.63) is 53.6 Å². The van der Waals surface area contributed by atoms with Crippen LogP contribution in [0.15, 0.2) is 48.1 Å². The molecule has 8 nitrogen and oxygen atoms in total. The summed E-state index contributed by atoms with van der Waals surface area (Å²) in [5.41, 5.74) is 2.13. The fraction of sp³-hybridized carbons (Fsp3) is 0.721. The number of carbonyl (C=O) groups excluding carboxylic acids is 2. The van der Waals surface area contributed by atoms with Crippen LogP contribution in [0.25, 0.3) is 0 Å². The molecule has 0 spiro atoms. The van der Waals surface area contributed by atoms with E-state index in [1.165, 1.54) is 7.11 Å². The summed E-state index contributed by atoms with van der Waals surface area (Å²) in [6.45, 7) is 39.8. The highest BCUT2D eigenvalue weighted by molar-refractivity contribution is 6.75. The first kappa shape index (κ1) is 50.1. The summed E-state index contributed by atoms with van der Waals surface area (Å²) in [6.07, 6.45) is 4.11. The molecule has 0 unspecified atom stereocenters. The first-order valence-electron chi connectivity index (χ1n) is 19.6. The van der Waals surface area contributed by atoms with E-state index in [0.29, 0.717) is 19.6 Å². The first-order valence-corrected chi connectivity index (χ1v) is 28.3. The van der Waals surface area contributed by atoms with E-state index in [1.807, 2.05) is 24.3 Å². The number of esters is 1. The standard InChI is InChI=1S/C43H78O8Si3/c1-31(29-49-52(15,16)41(4,5)6)27-32(2)38(48-30-34-21-23-35(46-13)24-22-34)28-39(51-54(19,20)43(10,11)12)36(44)25-26-37(33(3)40(45)47-14)50-53(17,18)42(7,8)9/h21-27,32-33,37-39H,28-30H2,1-20H3/b26-25+,31-27+/t32-,33-,37+,38+,39+/m1/s1. The zero-order chi connectivity index (χ0) is 42.1. The summed E-state index contributed by atoms with van der Waals surface area (Å²) in [7, 11) is -3.67. The monoisotopic (exact) mass is 807 g/mol. The number of ether oxygens (including phenoxy) is 3. The lowest BCUT2D eigenvalue weighted by Crippen LogP contribution is -2.47. The molecule has 1 aromatic rings. The van der Waals surface area contributed by atoms with Gasteiger partial charge in [0.25, 0.3) is 0 Å². The molecule has 0 aliphatic carbocycles. The number of methoxy groups -OCH3 is 2. The molecule has 0 amide bonds. The second kappa shape index (κ2) is 20.0. The predicted molar refractivity (Wildman–Crippen MR) is 232 cm³/mol. The fourth-order valence-electron chi connectivity index (χ4n) is 4.88. The molecule has 0 heterocycles. The average molecular weight is 807 g/mol. The Morgan fingerprint density at radius 2 is 1.26 bits per heavy atom. The van der Waals surface area contributed by atoms with Gasteiger partial charge in [0.15, 0.2) is 30.7 Å². The molecule has 0 bridgehead atoms. The number of hydrogen-bond donors (Lipinski definition) is 0. The molecule has 1 rings (SSSR count). The third-order valence-electron chi connectivity index (χ3n) is 12.0. The summed E-state index contributed by atoms with van der Waals surface area (Å²) in [5, 5.41) is -0.126. The van der Waals surface area contributed by atoms with E-state index in [-0.39, 0.29) is 38.9 Å². The Bertz CT molecular complexity index is 1400. The summed E-state index contributed by atoms with van der Waals surface area (Å²) in [5.74, 6) is -0.433. The van der Waals surface area contributed by atoms with E-state index in [0.717, 1.165) is 16.9 Å². The number of hydrogen-bond acceptors (Lipinski definition) is 8. The van der Waals surface area contributed by atoms with Gasteiger partial charge in [-0.2, -0.15) is 0 Å². The summed E-state index contributed by atoms with van der Waals surface area (Å²) in [4.78, 5) is 27.2. The van der Waals surface area contributed by atoms with Gasteiger partial charge in [0, 0.05) is 12.3 Å². The molecule has 1 aromatic carbocycles. The minimum atomic E-state index is -2.43. The maximum atomic E-state index is 14.5. The molecule has 0 saturated heterocycles. The summed E-state index contributed by atoms with van der Waals surface area (Å²) in [6, 6.07) is 7.85. The Balaban J connectivity index is 3.68. The van der Waals surface area contributed by atoms with Crippen molar-refractivity contribution in [3.63, 3.8) is 0 Å². The van der Waals surface area contributed by atoms with Crippen LogP contribution >= 0.6 is 0 Å². The molecule has 0 saturated carbocycles. The highest BCUT2D eigenvalue weighted by atomic mass is 28.4. The van der Waals surface area contributed by atoms with Gasteiger partial charge < -0.3 is 27.5 Å². The van der Waals surface area contributed by atoms with Gasteiger partial charge in [-0.25, -0.2) is 0 Å². The zero-order valence-electron chi connectivity index (χ0n) is 37.8. The quantitative estimate of drug-likeness (QED) is 0.0557. The van der Waals surface area contributed by atoms with Crippen LogP contribution < -0.4 is 4.74 Å². The highest BCUT2D eigenvalue weighted by Gasteiger charge is 2.43. The van der Waals surface area contributed by atoms with Crippen LogP contribution in [0.5, 0.6) is 5.75 Å². The van der Waals surface area contributed by atoms with Crippen molar-refractivity contribution in [2.24, 2.45) is 11.8 Å². The number of rotatable bonds is 20. The topological polar surface area (TPSA) is 89.5 Å². The van der Waals surface area contributed by atoms with Crippen LogP contribution in [-0.4, -0.2) is 75.8 Å². The molecular formula is C43H78O8Si3. The predicted octanol–water partition coefficient (Wildman–Crippen LogP) is 11.3. The van der Waals surface area contributed by atoms with Crippen molar-refractivity contribution in [1.29, 1.82) is 0 Å². The maximum Gasteiger partial charge on any atom is 0.311 e. The van der Waals surface area contributed by atoms with E-state index < -0.39 is 43.1 Å². The van der Waals surface area contributed by atoms with Crippen LogP contribution in [0.4, 0.5) is 0 Å². The van der Waals surface area contributed by atoms with Crippen molar-refractivity contribution in [1.82, 2.24) is 0 Å². The first-order chi connectivity index (χ1) is 24.4. The van der Waals surface area contributed by atoms with Gasteiger partial charge in [-0.15, -0.1) is 0 Å². The molecule has 11 heteroatoms. The minimum Gasteiger partial charge on any atom is -0.497 e. The fourth-order valence-corrected chi connectivity index (χ4v) is 8.50.